The lowest BCUT2D eigenvalue weighted by Crippen LogP contribution is -1.98. The van der Waals surface area contributed by atoms with Crippen molar-refractivity contribution in [3.8, 4) is 0 Å². The maximum Gasteiger partial charge on any atom is 0.357 e. The number of aromatic carboxylic acids is 1. The van der Waals surface area contributed by atoms with Crippen molar-refractivity contribution < 1.29 is 14.3 Å². The lowest BCUT2D eigenvalue weighted by Gasteiger charge is -2.06. The van der Waals surface area contributed by atoms with E-state index in [-0.39, 0.29) is 11.7 Å². The van der Waals surface area contributed by atoms with Gasteiger partial charge in [-0.05, 0) is 24.3 Å². The Morgan fingerprint density at radius 1 is 1.35 bits per heavy atom. The summed E-state index contributed by atoms with van der Waals surface area (Å²) in [5.74, 6) is -1.15. The Hall–Kier alpha value is -2.60. The highest BCUT2D eigenvalue weighted by Gasteiger charge is 2.12. The summed E-state index contributed by atoms with van der Waals surface area (Å²) in [6.45, 7) is 0. The number of hydrogen-bond donors (Lipinski definition) is 2. The topological polar surface area (TPSA) is 88.2 Å². The van der Waals surface area contributed by atoms with Crippen LogP contribution >= 0.6 is 11.6 Å². The quantitative estimate of drug-likeness (QED) is 0.769. The largest absolute Gasteiger partial charge is 0.476 e. The van der Waals surface area contributed by atoms with E-state index in [0.29, 0.717) is 16.2 Å². The van der Waals surface area contributed by atoms with Crippen LogP contribution in [0.5, 0.6) is 0 Å². The van der Waals surface area contributed by atoms with Gasteiger partial charge in [-0.25, -0.2) is 4.79 Å². The monoisotopic (exact) mass is 289 g/mol. The Bertz CT molecular complexity index is 800. The summed E-state index contributed by atoms with van der Waals surface area (Å²) in [5.41, 5.74) is 1.11. The Balaban J connectivity index is 2.02. The number of pyridine rings is 1. The van der Waals surface area contributed by atoms with Crippen molar-refractivity contribution in [3.63, 3.8) is 0 Å². The van der Waals surface area contributed by atoms with Crippen molar-refractivity contribution in [3.05, 3.63) is 47.4 Å². The number of carbonyl (C=O) groups is 1. The van der Waals surface area contributed by atoms with Gasteiger partial charge in [-0.3, -0.25) is 4.98 Å². The molecule has 2 heterocycles. The summed E-state index contributed by atoms with van der Waals surface area (Å²) in [6, 6.07) is 7.15. The number of nitrogens with zero attached hydrogens (tertiary/aromatic N) is 2. The van der Waals surface area contributed by atoms with Gasteiger partial charge in [0.1, 0.15) is 6.26 Å². The normalized spacial score (nSPS) is 10.7. The lowest BCUT2D eigenvalue weighted by atomic mass is 10.2. The van der Waals surface area contributed by atoms with Crippen LogP contribution in [0.4, 0.5) is 11.7 Å². The molecule has 0 amide bonds. The van der Waals surface area contributed by atoms with Crippen LogP contribution in [-0.2, 0) is 0 Å². The van der Waals surface area contributed by atoms with Crippen molar-refractivity contribution >= 4 is 40.2 Å². The number of rotatable bonds is 3. The predicted octanol–water partition coefficient (Wildman–Crippen LogP) is 3.32. The van der Waals surface area contributed by atoms with Crippen molar-refractivity contribution in [1.29, 1.82) is 0 Å². The van der Waals surface area contributed by atoms with Crippen LogP contribution in [0.25, 0.3) is 10.9 Å². The van der Waals surface area contributed by atoms with E-state index >= 15 is 0 Å². The minimum absolute atomic E-state index is 0.0803. The minimum atomic E-state index is -1.15. The van der Waals surface area contributed by atoms with Crippen molar-refractivity contribution in [2.75, 3.05) is 5.32 Å². The van der Waals surface area contributed by atoms with Crippen LogP contribution in [0.3, 0.4) is 0 Å². The predicted molar refractivity (Wildman–Crippen MR) is 73.5 cm³/mol. The first-order chi connectivity index (χ1) is 9.65. The molecule has 0 saturated carbocycles. The number of hydrogen-bond acceptors (Lipinski definition) is 5. The standard InChI is InChI=1S/C13H8ClN3O3/c14-8-3-4-9(11-7(8)2-1-5-15-11)16-13-17-10(6-20-13)12(18)19/h1-6H,(H,16,17)(H,18,19). The first-order valence-electron chi connectivity index (χ1n) is 5.64. The number of fused-ring (bicyclic) bond motifs is 1. The molecule has 20 heavy (non-hydrogen) atoms. The zero-order valence-corrected chi connectivity index (χ0v) is 10.8. The van der Waals surface area contributed by atoms with Gasteiger partial charge in [0.05, 0.1) is 16.2 Å². The van der Waals surface area contributed by atoms with Gasteiger partial charge in [-0.1, -0.05) is 11.6 Å². The van der Waals surface area contributed by atoms with Gasteiger partial charge in [0.15, 0.2) is 5.69 Å². The van der Waals surface area contributed by atoms with Crippen molar-refractivity contribution in [2.24, 2.45) is 0 Å². The fourth-order valence-electron chi connectivity index (χ4n) is 1.78. The van der Waals surface area contributed by atoms with E-state index in [1.807, 2.05) is 6.07 Å². The highest BCUT2D eigenvalue weighted by Crippen LogP contribution is 2.29. The number of oxazole rings is 1. The second kappa shape index (κ2) is 4.82. The number of carboxylic acid groups (broad SMARTS) is 1. The van der Waals surface area contributed by atoms with Gasteiger partial charge in [-0.2, -0.15) is 4.98 Å². The van der Waals surface area contributed by atoms with Gasteiger partial charge in [0.2, 0.25) is 0 Å². The molecule has 0 spiro atoms. The highest BCUT2D eigenvalue weighted by molar-refractivity contribution is 6.35. The third-order valence-corrected chi connectivity index (χ3v) is 3.01. The van der Waals surface area contributed by atoms with Crippen LogP contribution in [0.1, 0.15) is 10.5 Å². The molecular weight excluding hydrogens is 282 g/mol. The lowest BCUT2D eigenvalue weighted by molar-refractivity contribution is 0.0690. The van der Waals surface area contributed by atoms with E-state index in [1.54, 1.807) is 24.4 Å². The van der Waals surface area contributed by atoms with E-state index in [1.165, 1.54) is 0 Å². The summed E-state index contributed by atoms with van der Waals surface area (Å²) in [7, 11) is 0. The van der Waals surface area contributed by atoms with Gasteiger partial charge in [-0.15, -0.1) is 0 Å². The molecule has 0 unspecified atom stereocenters. The van der Waals surface area contributed by atoms with Crippen LogP contribution in [-0.4, -0.2) is 21.0 Å². The van der Waals surface area contributed by atoms with Gasteiger partial charge >= 0.3 is 5.97 Å². The van der Waals surface area contributed by atoms with Crippen LogP contribution in [0, 0.1) is 0 Å². The van der Waals surface area contributed by atoms with Crippen LogP contribution in [0.2, 0.25) is 5.02 Å². The first kappa shape index (κ1) is 12.4. The van der Waals surface area contributed by atoms with Crippen LogP contribution in [0.15, 0.2) is 41.1 Å². The van der Waals surface area contributed by atoms with E-state index in [4.69, 9.17) is 21.1 Å². The first-order valence-corrected chi connectivity index (χ1v) is 6.02. The molecule has 7 heteroatoms. The van der Waals surface area contributed by atoms with E-state index in [2.05, 4.69) is 15.3 Å². The van der Waals surface area contributed by atoms with E-state index in [0.717, 1.165) is 11.6 Å². The third-order valence-electron chi connectivity index (χ3n) is 2.68. The summed E-state index contributed by atoms with van der Waals surface area (Å²) in [4.78, 5) is 18.8. The summed E-state index contributed by atoms with van der Waals surface area (Å²) < 4.78 is 5.05. The number of benzene rings is 1. The van der Waals surface area contributed by atoms with E-state index in [9.17, 15) is 4.79 Å². The number of nitrogens with one attached hydrogen (secondary N) is 1. The second-order valence-corrected chi connectivity index (χ2v) is 4.37. The molecule has 0 saturated heterocycles. The number of aromatic nitrogens is 2. The summed E-state index contributed by atoms with van der Waals surface area (Å²) in [6.07, 6.45) is 2.71. The molecule has 3 aromatic rings. The molecule has 0 aliphatic heterocycles. The minimum Gasteiger partial charge on any atom is -0.476 e. The summed E-state index contributed by atoms with van der Waals surface area (Å²) >= 11 is 6.09. The van der Waals surface area contributed by atoms with Crippen LogP contribution < -0.4 is 5.32 Å². The second-order valence-electron chi connectivity index (χ2n) is 3.96. The van der Waals surface area contributed by atoms with Gasteiger partial charge in [0.25, 0.3) is 6.01 Å². The molecule has 1 aromatic carbocycles. The number of halogens is 1. The molecule has 100 valence electrons. The zero-order chi connectivity index (χ0) is 14.1. The zero-order valence-electron chi connectivity index (χ0n) is 10.0. The maximum absolute atomic E-state index is 10.7. The van der Waals surface area contributed by atoms with Crippen molar-refractivity contribution in [1.82, 2.24) is 9.97 Å². The molecule has 0 aliphatic rings. The number of carboxylic acids is 1. The molecule has 0 radical (unpaired) electrons. The fourth-order valence-corrected chi connectivity index (χ4v) is 2.00. The average Bonchev–Trinajstić information content (AvgIpc) is 2.91. The molecule has 6 nitrogen and oxygen atoms in total. The average molecular weight is 290 g/mol. The Kier molecular flexibility index (Phi) is 3.00. The van der Waals surface area contributed by atoms with Crippen molar-refractivity contribution in [2.45, 2.75) is 0 Å². The highest BCUT2D eigenvalue weighted by atomic mass is 35.5. The molecule has 0 bridgehead atoms. The fraction of sp³-hybridized carbons (Fsp3) is 0. The van der Waals surface area contributed by atoms with E-state index < -0.39 is 5.97 Å². The Morgan fingerprint density at radius 2 is 2.20 bits per heavy atom. The third kappa shape index (κ3) is 2.17. The molecule has 2 N–H and O–H groups in total. The molecule has 3 rings (SSSR count). The maximum atomic E-state index is 10.7. The molecule has 2 aromatic heterocycles. The SMILES string of the molecule is O=C(O)c1coc(Nc2ccc(Cl)c3cccnc23)n1. The Labute approximate surface area is 118 Å². The summed E-state index contributed by atoms with van der Waals surface area (Å²) in [5, 5.41) is 13.0. The molecule has 0 aliphatic carbocycles. The molecule has 0 fully saturated rings. The van der Waals surface area contributed by atoms with Gasteiger partial charge in [0, 0.05) is 11.6 Å². The Morgan fingerprint density at radius 3 is 2.95 bits per heavy atom. The number of anilines is 2. The van der Waals surface area contributed by atoms with Gasteiger partial charge < -0.3 is 14.8 Å². The molecule has 0 atom stereocenters. The molecular formula is C13H8ClN3O3. The smallest absolute Gasteiger partial charge is 0.357 e.